The Hall–Kier alpha value is -2.55. The number of benzene rings is 1. The molecular weight excluding hydrogens is 394 g/mol. The van der Waals surface area contributed by atoms with Crippen LogP contribution in [0.5, 0.6) is 0 Å². The quantitative estimate of drug-likeness (QED) is 0.680. The summed E-state index contributed by atoms with van der Waals surface area (Å²) in [6.45, 7) is 1.48. The molecule has 0 bridgehead atoms. The number of ether oxygens (including phenoxy) is 1. The molecule has 1 aromatic carbocycles. The van der Waals surface area contributed by atoms with Crippen molar-refractivity contribution >= 4 is 41.1 Å². The van der Waals surface area contributed by atoms with Crippen molar-refractivity contribution in [2.45, 2.75) is 49.6 Å². The summed E-state index contributed by atoms with van der Waals surface area (Å²) in [6.07, 6.45) is 3.07. The smallest absolute Gasteiger partial charge is 0.330 e. The molecule has 0 spiro atoms. The molecule has 154 valence electrons. The van der Waals surface area contributed by atoms with E-state index >= 15 is 0 Å². The lowest BCUT2D eigenvalue weighted by Gasteiger charge is -2.29. The van der Waals surface area contributed by atoms with Crippen LogP contribution in [0.4, 0.5) is 5.69 Å². The van der Waals surface area contributed by atoms with Crippen molar-refractivity contribution in [1.29, 1.82) is 0 Å². The van der Waals surface area contributed by atoms with E-state index in [1.54, 1.807) is 40.9 Å². The van der Waals surface area contributed by atoms with Crippen LogP contribution in [0.25, 0.3) is 0 Å². The maximum absolute atomic E-state index is 12.5. The number of rotatable bonds is 6. The molecule has 2 atom stereocenters. The fourth-order valence-corrected chi connectivity index (χ4v) is 5.11. The van der Waals surface area contributed by atoms with E-state index in [0.717, 1.165) is 12.8 Å². The van der Waals surface area contributed by atoms with Gasteiger partial charge in [0.05, 0.1) is 16.1 Å². The van der Waals surface area contributed by atoms with Crippen molar-refractivity contribution in [2.75, 3.05) is 17.7 Å². The topological polar surface area (TPSA) is 105 Å². The number of carbonyl (C=O) groups is 4. The van der Waals surface area contributed by atoms with Crippen LogP contribution in [0.1, 0.15) is 43.0 Å². The lowest BCUT2D eigenvalue weighted by molar-refractivity contribution is -0.155. The summed E-state index contributed by atoms with van der Waals surface area (Å²) in [5.41, 5.74) is 0.732. The first-order chi connectivity index (χ1) is 13.9. The number of fused-ring (bicyclic) bond motifs is 1. The van der Waals surface area contributed by atoms with Crippen molar-refractivity contribution in [3.8, 4) is 0 Å². The van der Waals surface area contributed by atoms with Gasteiger partial charge in [0.25, 0.3) is 11.8 Å². The number of thioether (sulfide) groups is 1. The number of hydrogen-bond donors (Lipinski definition) is 2. The first-order valence-electron chi connectivity index (χ1n) is 9.70. The Kier molecular flexibility index (Phi) is 5.24. The first-order valence-corrected chi connectivity index (χ1v) is 10.7. The summed E-state index contributed by atoms with van der Waals surface area (Å²) in [4.78, 5) is 50.4. The predicted octanol–water partition coefficient (Wildman–Crippen LogP) is 1.51. The number of nitrogens with one attached hydrogen (secondary N) is 2. The second kappa shape index (κ2) is 7.70. The summed E-state index contributed by atoms with van der Waals surface area (Å²) < 4.78 is 5.18. The van der Waals surface area contributed by atoms with E-state index in [1.165, 1.54) is 0 Å². The zero-order valence-electron chi connectivity index (χ0n) is 16.1. The molecule has 2 saturated heterocycles. The van der Waals surface area contributed by atoms with Crippen LogP contribution in [0, 0.1) is 0 Å². The Morgan fingerprint density at radius 1 is 1.28 bits per heavy atom. The van der Waals surface area contributed by atoms with E-state index < -0.39 is 24.5 Å². The Bertz CT molecular complexity index is 871. The Morgan fingerprint density at radius 2 is 2.03 bits per heavy atom. The Morgan fingerprint density at radius 3 is 2.79 bits per heavy atom. The minimum Gasteiger partial charge on any atom is -0.454 e. The van der Waals surface area contributed by atoms with Crippen LogP contribution >= 0.6 is 11.8 Å². The molecule has 3 aliphatic rings. The second-order valence-corrected chi connectivity index (χ2v) is 9.22. The van der Waals surface area contributed by atoms with Crippen LogP contribution in [0.2, 0.25) is 0 Å². The number of para-hydroxylation sites is 1. The first kappa shape index (κ1) is 19.8. The van der Waals surface area contributed by atoms with Gasteiger partial charge in [0.2, 0.25) is 5.91 Å². The van der Waals surface area contributed by atoms with Gasteiger partial charge in [0.15, 0.2) is 6.61 Å². The van der Waals surface area contributed by atoms with E-state index in [9.17, 15) is 19.2 Å². The Labute approximate surface area is 172 Å². The van der Waals surface area contributed by atoms with Crippen molar-refractivity contribution in [3.63, 3.8) is 0 Å². The van der Waals surface area contributed by atoms with Gasteiger partial charge in [0.1, 0.15) is 6.04 Å². The van der Waals surface area contributed by atoms with E-state index in [2.05, 4.69) is 10.6 Å². The van der Waals surface area contributed by atoms with Crippen molar-refractivity contribution in [2.24, 2.45) is 0 Å². The number of hydrogen-bond acceptors (Lipinski definition) is 6. The van der Waals surface area contributed by atoms with Gasteiger partial charge in [-0.2, -0.15) is 0 Å². The lowest BCUT2D eigenvalue weighted by atomic mass is 10.1. The average molecular weight is 417 g/mol. The zero-order valence-corrected chi connectivity index (χ0v) is 16.9. The summed E-state index contributed by atoms with van der Waals surface area (Å²) in [5, 5.41) is 5.52. The summed E-state index contributed by atoms with van der Waals surface area (Å²) in [6, 6.07) is 6.24. The van der Waals surface area contributed by atoms with Crippen LogP contribution in [0.3, 0.4) is 0 Å². The molecule has 4 rings (SSSR count). The van der Waals surface area contributed by atoms with E-state index in [1.807, 2.05) is 6.92 Å². The van der Waals surface area contributed by atoms with Crippen LogP contribution in [-0.4, -0.2) is 57.9 Å². The number of anilines is 1. The van der Waals surface area contributed by atoms with Crippen LogP contribution < -0.4 is 10.6 Å². The SMILES string of the molecule is C[C@]12CCC(=O)N1[C@@H](C(=O)OCC(=O)Nc1ccccc1C(=O)NC1CC1)CS2. The molecule has 3 amide bonds. The zero-order chi connectivity index (χ0) is 20.6. The molecule has 0 aromatic heterocycles. The highest BCUT2D eigenvalue weighted by Gasteiger charge is 2.53. The van der Waals surface area contributed by atoms with Gasteiger partial charge in [-0.1, -0.05) is 12.1 Å². The Balaban J connectivity index is 1.33. The minimum atomic E-state index is -0.663. The normalized spacial score (nSPS) is 25.5. The monoisotopic (exact) mass is 417 g/mol. The van der Waals surface area contributed by atoms with Gasteiger partial charge in [0, 0.05) is 18.2 Å². The molecule has 1 aromatic rings. The lowest BCUT2D eigenvalue weighted by Crippen LogP contribution is -2.47. The fourth-order valence-electron chi connectivity index (χ4n) is 3.70. The predicted molar refractivity (Wildman–Crippen MR) is 107 cm³/mol. The largest absolute Gasteiger partial charge is 0.454 e. The van der Waals surface area contributed by atoms with E-state index in [-0.39, 0.29) is 22.7 Å². The fraction of sp³-hybridized carbons (Fsp3) is 0.500. The molecule has 2 aliphatic heterocycles. The number of carbonyl (C=O) groups excluding carboxylic acids is 4. The highest BCUT2D eigenvalue weighted by molar-refractivity contribution is 8.01. The standard InChI is InChI=1S/C20H23N3O5S/c1-20-9-8-17(25)23(20)15(11-29-20)19(27)28-10-16(24)22-14-5-3-2-4-13(14)18(26)21-12-6-7-12/h2-5,12,15H,6-11H2,1H3,(H,21,26)(H,22,24)/t15-,20+/m1/s1. The van der Waals surface area contributed by atoms with Gasteiger partial charge >= 0.3 is 5.97 Å². The maximum atomic E-state index is 12.5. The molecule has 1 saturated carbocycles. The van der Waals surface area contributed by atoms with E-state index in [4.69, 9.17) is 4.74 Å². The van der Waals surface area contributed by atoms with Crippen molar-refractivity contribution in [3.05, 3.63) is 29.8 Å². The molecule has 1 aliphatic carbocycles. The third-order valence-electron chi connectivity index (χ3n) is 5.42. The molecule has 2 heterocycles. The van der Waals surface area contributed by atoms with Gasteiger partial charge in [-0.25, -0.2) is 4.79 Å². The van der Waals surface area contributed by atoms with E-state index in [0.29, 0.717) is 29.8 Å². The highest BCUT2D eigenvalue weighted by Crippen LogP contribution is 2.47. The molecule has 9 heteroatoms. The molecular formula is C20H23N3O5S. The molecule has 0 unspecified atom stereocenters. The van der Waals surface area contributed by atoms with Gasteiger partial charge in [-0.05, 0) is 38.3 Å². The van der Waals surface area contributed by atoms with Crippen LogP contribution in [-0.2, 0) is 19.1 Å². The van der Waals surface area contributed by atoms with Crippen molar-refractivity contribution in [1.82, 2.24) is 10.2 Å². The number of nitrogens with zero attached hydrogens (tertiary/aromatic N) is 1. The maximum Gasteiger partial charge on any atom is 0.330 e. The molecule has 0 radical (unpaired) electrons. The number of amides is 3. The summed E-state index contributed by atoms with van der Waals surface area (Å²) >= 11 is 1.57. The highest BCUT2D eigenvalue weighted by atomic mass is 32.2. The average Bonchev–Trinajstić information content (AvgIpc) is 3.37. The van der Waals surface area contributed by atoms with Crippen LogP contribution in [0.15, 0.2) is 24.3 Å². The molecule has 3 fully saturated rings. The number of esters is 1. The van der Waals surface area contributed by atoms with Gasteiger partial charge in [-0.3, -0.25) is 14.4 Å². The third-order valence-corrected chi connectivity index (χ3v) is 6.93. The van der Waals surface area contributed by atoms with Gasteiger partial charge in [-0.15, -0.1) is 11.8 Å². The second-order valence-electron chi connectivity index (χ2n) is 7.71. The van der Waals surface area contributed by atoms with Gasteiger partial charge < -0.3 is 20.3 Å². The molecule has 29 heavy (non-hydrogen) atoms. The molecule has 2 N–H and O–H groups in total. The third kappa shape index (κ3) is 4.10. The summed E-state index contributed by atoms with van der Waals surface area (Å²) in [7, 11) is 0. The van der Waals surface area contributed by atoms with Crippen molar-refractivity contribution < 1.29 is 23.9 Å². The summed E-state index contributed by atoms with van der Waals surface area (Å²) in [5.74, 6) is -0.945. The minimum absolute atomic E-state index is 0.0560. The molecule has 8 nitrogen and oxygen atoms in total.